The van der Waals surface area contributed by atoms with E-state index in [0.29, 0.717) is 11.6 Å². The van der Waals surface area contributed by atoms with E-state index in [1.807, 2.05) is 30.3 Å². The zero-order valence-electron chi connectivity index (χ0n) is 15.0. The van der Waals surface area contributed by atoms with Crippen LogP contribution in [-0.4, -0.2) is 33.2 Å². The minimum Gasteiger partial charge on any atom is -0.497 e. The minimum atomic E-state index is 0.00157. The van der Waals surface area contributed by atoms with Crippen molar-refractivity contribution in [3.05, 3.63) is 53.1 Å². The lowest BCUT2D eigenvalue weighted by Gasteiger charge is -2.23. The van der Waals surface area contributed by atoms with E-state index in [-0.39, 0.29) is 11.9 Å². The van der Waals surface area contributed by atoms with E-state index in [9.17, 15) is 4.79 Å². The molecule has 1 heterocycles. The quantitative estimate of drug-likeness (QED) is 0.816. The number of rotatable bonds is 6. The van der Waals surface area contributed by atoms with E-state index in [4.69, 9.17) is 21.1 Å². The van der Waals surface area contributed by atoms with Crippen LogP contribution in [0.1, 0.15) is 24.4 Å². The molecule has 0 aliphatic carbocycles. The monoisotopic (exact) mass is 375 g/mol. The maximum atomic E-state index is 12.5. The molecule has 0 saturated carbocycles. The van der Waals surface area contributed by atoms with Gasteiger partial charge < -0.3 is 19.7 Å². The number of methoxy groups -OCH3 is 2. The number of likely N-dealkylation sites (tertiary alicyclic amines) is 1. The molecule has 2 atom stereocenters. The summed E-state index contributed by atoms with van der Waals surface area (Å²) >= 11 is 5.89. The number of carbonyl (C=O) groups is 1. The Balaban J connectivity index is 1.70. The summed E-state index contributed by atoms with van der Waals surface area (Å²) in [6, 6.07) is 13.3. The summed E-state index contributed by atoms with van der Waals surface area (Å²) in [6.07, 6.45) is 2.12. The second-order valence-electron chi connectivity index (χ2n) is 6.44. The van der Waals surface area contributed by atoms with Crippen LogP contribution >= 0.6 is 11.6 Å². The highest BCUT2D eigenvalue weighted by Gasteiger charge is 2.33. The lowest BCUT2D eigenvalue weighted by atomic mass is 10.0. The molecule has 1 fully saturated rings. The number of ether oxygens (including phenoxy) is 2. The van der Waals surface area contributed by atoms with Crippen molar-refractivity contribution in [1.82, 2.24) is 0 Å². The molecule has 0 spiro atoms. The Hall–Kier alpha value is -2.24. The van der Waals surface area contributed by atoms with Gasteiger partial charge in [0.2, 0.25) is 0 Å². The van der Waals surface area contributed by atoms with Crippen LogP contribution in [0.2, 0.25) is 5.02 Å². The number of nitrogens with one attached hydrogen (secondary N) is 2. The Kier molecular flexibility index (Phi) is 6.01. The highest BCUT2D eigenvalue weighted by atomic mass is 35.5. The molecular weight excluding hydrogens is 352 g/mol. The zero-order valence-corrected chi connectivity index (χ0v) is 15.8. The molecule has 138 valence electrons. The second-order valence-corrected chi connectivity index (χ2v) is 6.88. The molecule has 1 aliphatic heterocycles. The predicted molar refractivity (Wildman–Crippen MR) is 102 cm³/mol. The highest BCUT2D eigenvalue weighted by molar-refractivity contribution is 6.30. The van der Waals surface area contributed by atoms with Gasteiger partial charge in [0.15, 0.2) is 6.54 Å². The molecule has 0 aromatic heterocycles. The van der Waals surface area contributed by atoms with Crippen LogP contribution in [0.5, 0.6) is 11.5 Å². The molecule has 2 aromatic carbocycles. The highest BCUT2D eigenvalue weighted by Crippen LogP contribution is 2.31. The molecule has 6 heteroatoms. The van der Waals surface area contributed by atoms with Crippen LogP contribution in [-0.2, 0) is 4.79 Å². The number of hydrogen-bond acceptors (Lipinski definition) is 3. The van der Waals surface area contributed by atoms with Gasteiger partial charge in [-0.05, 0) is 36.4 Å². The Morgan fingerprint density at radius 1 is 1.19 bits per heavy atom. The van der Waals surface area contributed by atoms with Gasteiger partial charge in [-0.2, -0.15) is 0 Å². The Morgan fingerprint density at radius 3 is 2.65 bits per heavy atom. The maximum Gasteiger partial charge on any atom is 0.279 e. The molecule has 2 N–H and O–H groups in total. The van der Waals surface area contributed by atoms with Crippen molar-refractivity contribution in [1.29, 1.82) is 0 Å². The third kappa shape index (κ3) is 4.29. The maximum absolute atomic E-state index is 12.5. The summed E-state index contributed by atoms with van der Waals surface area (Å²) in [4.78, 5) is 13.7. The zero-order chi connectivity index (χ0) is 18.5. The van der Waals surface area contributed by atoms with Gasteiger partial charge in [-0.1, -0.05) is 11.6 Å². The SMILES string of the molecule is COc1ccc([C@H]2CCC[NH+]2CC(=O)Nc2ccc(Cl)cc2)c(OC)c1. The molecule has 26 heavy (non-hydrogen) atoms. The minimum absolute atomic E-state index is 0.00157. The fourth-order valence-corrected chi connectivity index (χ4v) is 3.68. The molecule has 1 unspecified atom stereocenters. The Bertz CT molecular complexity index is 764. The predicted octanol–water partition coefficient (Wildman–Crippen LogP) is 2.72. The van der Waals surface area contributed by atoms with Gasteiger partial charge in [-0.25, -0.2) is 0 Å². The van der Waals surface area contributed by atoms with Crippen LogP contribution in [0.4, 0.5) is 5.69 Å². The number of halogens is 1. The van der Waals surface area contributed by atoms with Gasteiger partial charge in [0.05, 0.1) is 26.3 Å². The Labute approximate surface area is 158 Å². The molecule has 5 nitrogen and oxygen atoms in total. The summed E-state index contributed by atoms with van der Waals surface area (Å²) in [6.45, 7) is 1.39. The standard InChI is InChI=1S/C20H23ClN2O3/c1-25-16-9-10-17(19(12-16)26-2)18-4-3-11-23(18)13-20(24)22-15-7-5-14(21)6-8-15/h5-10,12,18H,3-4,11,13H2,1-2H3,(H,22,24)/p+1/t18-/m1/s1. The third-order valence-corrected chi connectivity index (χ3v) is 5.07. The third-order valence-electron chi connectivity index (χ3n) is 4.82. The van der Waals surface area contributed by atoms with E-state index < -0.39 is 0 Å². The number of carbonyl (C=O) groups excluding carboxylic acids is 1. The van der Waals surface area contributed by atoms with E-state index in [2.05, 4.69) is 5.32 Å². The van der Waals surface area contributed by atoms with E-state index >= 15 is 0 Å². The van der Waals surface area contributed by atoms with Crippen LogP contribution in [0.25, 0.3) is 0 Å². The lowest BCUT2D eigenvalue weighted by Crippen LogP contribution is -3.11. The fourth-order valence-electron chi connectivity index (χ4n) is 3.55. The molecule has 0 bridgehead atoms. The van der Waals surface area contributed by atoms with Gasteiger partial charge in [0, 0.05) is 29.6 Å². The molecule has 1 aliphatic rings. The van der Waals surface area contributed by atoms with Crippen LogP contribution in [0, 0.1) is 0 Å². The van der Waals surface area contributed by atoms with Crippen molar-refractivity contribution in [2.45, 2.75) is 18.9 Å². The molecule has 3 rings (SSSR count). The van der Waals surface area contributed by atoms with Crippen LogP contribution < -0.4 is 19.7 Å². The number of amides is 1. The molecule has 1 amide bonds. The normalized spacial score (nSPS) is 19.2. The smallest absolute Gasteiger partial charge is 0.279 e. The first-order valence-electron chi connectivity index (χ1n) is 8.72. The molecule has 1 saturated heterocycles. The lowest BCUT2D eigenvalue weighted by molar-refractivity contribution is -0.910. The summed E-state index contributed by atoms with van der Waals surface area (Å²) in [5.41, 5.74) is 1.89. The molecule has 2 aromatic rings. The van der Waals surface area contributed by atoms with Gasteiger partial charge in [0.25, 0.3) is 5.91 Å². The number of quaternary nitrogens is 1. The van der Waals surface area contributed by atoms with Crippen molar-refractivity contribution < 1.29 is 19.2 Å². The van der Waals surface area contributed by atoms with Crippen molar-refractivity contribution in [3.8, 4) is 11.5 Å². The summed E-state index contributed by atoms with van der Waals surface area (Å²) in [7, 11) is 3.31. The second kappa shape index (κ2) is 8.43. The average Bonchev–Trinajstić information content (AvgIpc) is 3.10. The van der Waals surface area contributed by atoms with Gasteiger partial charge in [0.1, 0.15) is 17.5 Å². The van der Waals surface area contributed by atoms with E-state index in [0.717, 1.165) is 42.1 Å². The van der Waals surface area contributed by atoms with Crippen molar-refractivity contribution in [2.75, 3.05) is 32.6 Å². The first-order valence-corrected chi connectivity index (χ1v) is 9.10. The molecule has 0 radical (unpaired) electrons. The van der Waals surface area contributed by atoms with Gasteiger partial charge in [-0.3, -0.25) is 4.79 Å². The first-order chi connectivity index (χ1) is 12.6. The van der Waals surface area contributed by atoms with Crippen molar-refractivity contribution >= 4 is 23.2 Å². The van der Waals surface area contributed by atoms with Crippen molar-refractivity contribution in [2.24, 2.45) is 0 Å². The summed E-state index contributed by atoms with van der Waals surface area (Å²) in [5, 5.41) is 3.60. The van der Waals surface area contributed by atoms with Gasteiger partial charge >= 0.3 is 0 Å². The van der Waals surface area contributed by atoms with Crippen LogP contribution in [0.15, 0.2) is 42.5 Å². The van der Waals surface area contributed by atoms with E-state index in [1.54, 1.807) is 26.4 Å². The average molecular weight is 376 g/mol. The fraction of sp³-hybridized carbons (Fsp3) is 0.350. The summed E-state index contributed by atoms with van der Waals surface area (Å²) < 4.78 is 10.8. The Morgan fingerprint density at radius 2 is 1.96 bits per heavy atom. The topological polar surface area (TPSA) is 52.0 Å². The first kappa shape index (κ1) is 18.5. The largest absolute Gasteiger partial charge is 0.497 e. The van der Waals surface area contributed by atoms with Crippen molar-refractivity contribution in [3.63, 3.8) is 0 Å². The number of anilines is 1. The van der Waals surface area contributed by atoms with Crippen LogP contribution in [0.3, 0.4) is 0 Å². The number of benzene rings is 2. The molecular formula is C20H24ClN2O3+. The van der Waals surface area contributed by atoms with E-state index in [1.165, 1.54) is 4.90 Å². The number of hydrogen-bond donors (Lipinski definition) is 2. The summed E-state index contributed by atoms with van der Waals surface area (Å²) in [5.74, 6) is 1.58. The van der Waals surface area contributed by atoms with Gasteiger partial charge in [-0.15, -0.1) is 0 Å².